The van der Waals surface area contributed by atoms with E-state index in [-0.39, 0.29) is 6.42 Å². The van der Waals surface area contributed by atoms with E-state index >= 15 is 0 Å². The van der Waals surface area contributed by atoms with Gasteiger partial charge in [-0.2, -0.15) is 13.2 Å². The second-order valence-electron chi connectivity index (χ2n) is 8.24. The molecule has 2 aromatic carbocycles. The van der Waals surface area contributed by atoms with Crippen LogP contribution in [0.3, 0.4) is 0 Å². The van der Waals surface area contributed by atoms with Crippen molar-refractivity contribution in [3.8, 4) is 5.75 Å². The van der Waals surface area contributed by atoms with Crippen LogP contribution in [-0.2, 0) is 22.2 Å². The van der Waals surface area contributed by atoms with E-state index in [1.165, 1.54) is 19.2 Å². The van der Waals surface area contributed by atoms with Crippen molar-refractivity contribution in [2.75, 3.05) is 12.4 Å². The van der Waals surface area contributed by atoms with Crippen LogP contribution in [0, 0.1) is 0 Å². The molecule has 10 heteroatoms. The molecule has 0 radical (unpaired) electrons. The summed E-state index contributed by atoms with van der Waals surface area (Å²) in [6.07, 6.45) is 0.0352. The number of ether oxygens (including phenoxy) is 1. The summed E-state index contributed by atoms with van der Waals surface area (Å²) in [6, 6.07) is 11.6. The highest BCUT2D eigenvalue weighted by Gasteiger charge is 2.30. The van der Waals surface area contributed by atoms with Gasteiger partial charge in [-0.15, -0.1) is 11.8 Å². The third-order valence-corrected chi connectivity index (χ3v) is 6.54. The van der Waals surface area contributed by atoms with Crippen LogP contribution in [0.4, 0.5) is 13.2 Å². The Labute approximate surface area is 211 Å². The fourth-order valence-corrected chi connectivity index (χ4v) is 4.63. The fraction of sp³-hybridized carbons (Fsp3) is 0.346. The first kappa shape index (κ1) is 27.3. The van der Waals surface area contributed by atoms with Crippen LogP contribution in [-0.4, -0.2) is 40.4 Å². The molecular weight excluding hydrogens is 493 g/mol. The molecule has 0 fully saturated rings. The number of halogens is 3. The summed E-state index contributed by atoms with van der Waals surface area (Å²) in [5.74, 6) is 0.0280. The lowest BCUT2D eigenvalue weighted by atomic mass is 10.1. The SMILES string of the molecule is CC(=O)NC(Cc1ccc(OCCCCCSc2ccnc3cc(C(F)(F)F)ccc23)cc1)C(=O)O. The van der Waals surface area contributed by atoms with Gasteiger partial charge < -0.3 is 15.2 Å². The normalized spacial score (nSPS) is 12.3. The van der Waals surface area contributed by atoms with Gasteiger partial charge in [0.2, 0.25) is 5.91 Å². The Morgan fingerprint density at radius 3 is 2.50 bits per heavy atom. The maximum absolute atomic E-state index is 12.9. The average Bonchev–Trinajstić information content (AvgIpc) is 2.82. The third-order valence-electron chi connectivity index (χ3n) is 5.38. The van der Waals surface area contributed by atoms with Crippen molar-refractivity contribution in [1.82, 2.24) is 10.3 Å². The van der Waals surface area contributed by atoms with Crippen LogP contribution in [0.15, 0.2) is 59.6 Å². The summed E-state index contributed by atoms with van der Waals surface area (Å²) < 4.78 is 44.5. The molecule has 0 saturated carbocycles. The van der Waals surface area contributed by atoms with Crippen LogP contribution in [0.25, 0.3) is 10.9 Å². The first-order valence-corrected chi connectivity index (χ1v) is 12.4. The number of carbonyl (C=O) groups is 2. The number of pyridine rings is 1. The lowest BCUT2D eigenvalue weighted by Crippen LogP contribution is -2.41. The molecule has 192 valence electrons. The second-order valence-corrected chi connectivity index (χ2v) is 9.37. The average molecular weight is 521 g/mol. The first-order chi connectivity index (χ1) is 17.1. The molecule has 1 unspecified atom stereocenters. The molecule has 36 heavy (non-hydrogen) atoms. The summed E-state index contributed by atoms with van der Waals surface area (Å²) in [5, 5.41) is 12.3. The molecular formula is C26H27F3N2O4S. The van der Waals surface area contributed by atoms with Gasteiger partial charge >= 0.3 is 12.1 Å². The molecule has 3 rings (SSSR count). The van der Waals surface area contributed by atoms with Gasteiger partial charge in [0.05, 0.1) is 17.7 Å². The molecule has 0 aliphatic heterocycles. The van der Waals surface area contributed by atoms with E-state index in [4.69, 9.17) is 4.74 Å². The van der Waals surface area contributed by atoms with Crippen molar-refractivity contribution in [2.24, 2.45) is 0 Å². The van der Waals surface area contributed by atoms with Crippen molar-refractivity contribution in [1.29, 1.82) is 0 Å². The molecule has 1 amide bonds. The predicted octanol–water partition coefficient (Wildman–Crippen LogP) is 5.73. The van der Waals surface area contributed by atoms with Crippen molar-refractivity contribution >= 4 is 34.5 Å². The minimum atomic E-state index is -4.39. The Morgan fingerprint density at radius 1 is 1.08 bits per heavy atom. The number of alkyl halides is 3. The fourth-order valence-electron chi connectivity index (χ4n) is 3.58. The third kappa shape index (κ3) is 8.15. The highest BCUT2D eigenvalue weighted by atomic mass is 32.2. The zero-order valence-corrected chi connectivity index (χ0v) is 20.5. The van der Waals surface area contributed by atoms with E-state index < -0.39 is 29.7 Å². The number of carboxylic acids is 1. The number of fused-ring (bicyclic) bond motifs is 1. The van der Waals surface area contributed by atoms with Gasteiger partial charge in [-0.25, -0.2) is 4.79 Å². The van der Waals surface area contributed by atoms with Gasteiger partial charge in [0.15, 0.2) is 0 Å². The number of hydrogen-bond donors (Lipinski definition) is 2. The largest absolute Gasteiger partial charge is 0.494 e. The number of thioether (sulfide) groups is 1. The zero-order valence-electron chi connectivity index (χ0n) is 19.7. The lowest BCUT2D eigenvalue weighted by molar-refractivity contribution is -0.141. The monoisotopic (exact) mass is 520 g/mol. The Kier molecular flexibility index (Phi) is 9.58. The molecule has 0 bridgehead atoms. The summed E-state index contributed by atoms with van der Waals surface area (Å²) in [6.45, 7) is 1.81. The molecule has 6 nitrogen and oxygen atoms in total. The van der Waals surface area contributed by atoms with Gasteiger partial charge in [0.25, 0.3) is 0 Å². The van der Waals surface area contributed by atoms with Gasteiger partial charge in [0.1, 0.15) is 11.8 Å². The number of aliphatic carboxylic acids is 1. The van der Waals surface area contributed by atoms with E-state index in [1.54, 1.807) is 36.0 Å². The quantitative estimate of drug-likeness (QED) is 0.234. The molecule has 2 N–H and O–H groups in total. The Morgan fingerprint density at radius 2 is 1.83 bits per heavy atom. The number of unbranched alkanes of at least 4 members (excludes halogenated alkanes) is 2. The Bertz CT molecular complexity index is 1190. The number of hydrogen-bond acceptors (Lipinski definition) is 5. The van der Waals surface area contributed by atoms with Crippen LogP contribution in [0.2, 0.25) is 0 Å². The summed E-state index contributed by atoms with van der Waals surface area (Å²) in [5.41, 5.74) is 0.412. The number of carbonyl (C=O) groups excluding carboxylic acids is 1. The molecule has 0 aliphatic carbocycles. The number of nitrogens with one attached hydrogen (secondary N) is 1. The smallest absolute Gasteiger partial charge is 0.416 e. The van der Waals surface area contributed by atoms with Crippen molar-refractivity contribution in [3.63, 3.8) is 0 Å². The second kappa shape index (κ2) is 12.6. The predicted molar refractivity (Wildman–Crippen MR) is 132 cm³/mol. The molecule has 3 aromatic rings. The highest BCUT2D eigenvalue weighted by molar-refractivity contribution is 7.99. The van der Waals surface area contributed by atoms with E-state index in [0.29, 0.717) is 23.3 Å². The zero-order chi connectivity index (χ0) is 26.1. The molecule has 1 atom stereocenters. The van der Waals surface area contributed by atoms with Gasteiger partial charge in [-0.3, -0.25) is 9.78 Å². The number of benzene rings is 2. The molecule has 1 aromatic heterocycles. The topological polar surface area (TPSA) is 88.5 Å². The van der Waals surface area contributed by atoms with Crippen molar-refractivity contribution in [3.05, 3.63) is 65.9 Å². The number of carboxylic acid groups (broad SMARTS) is 1. The Balaban J connectivity index is 1.38. The number of rotatable bonds is 12. The maximum Gasteiger partial charge on any atom is 0.416 e. The number of aromatic nitrogens is 1. The summed E-state index contributed by atoms with van der Waals surface area (Å²) >= 11 is 1.60. The van der Waals surface area contributed by atoms with Crippen molar-refractivity contribution in [2.45, 2.75) is 49.7 Å². The summed E-state index contributed by atoms with van der Waals surface area (Å²) in [7, 11) is 0. The van der Waals surface area contributed by atoms with Crippen LogP contribution >= 0.6 is 11.8 Å². The van der Waals surface area contributed by atoms with E-state index in [2.05, 4.69) is 10.3 Å². The molecule has 0 saturated heterocycles. The minimum absolute atomic E-state index is 0.184. The lowest BCUT2D eigenvalue weighted by Gasteiger charge is -2.13. The number of nitrogens with zero attached hydrogens (tertiary/aromatic N) is 1. The number of amides is 1. The standard InChI is InChI=1S/C26H27F3N2O4S/c1-17(32)31-23(25(33)34)15-18-5-8-20(9-6-18)35-13-3-2-4-14-36-24-11-12-30-22-16-19(26(27,28)29)7-10-21(22)24/h5-12,16,23H,2-4,13-15H2,1H3,(H,31,32)(H,33,34). The molecule has 1 heterocycles. The van der Waals surface area contributed by atoms with Crippen molar-refractivity contribution < 1.29 is 32.6 Å². The first-order valence-electron chi connectivity index (χ1n) is 11.4. The van der Waals surface area contributed by atoms with Gasteiger partial charge in [-0.1, -0.05) is 18.2 Å². The van der Waals surface area contributed by atoms with Gasteiger partial charge in [-0.05, 0) is 60.9 Å². The van der Waals surface area contributed by atoms with Crippen LogP contribution < -0.4 is 10.1 Å². The van der Waals surface area contributed by atoms with E-state index in [9.17, 15) is 27.9 Å². The Hall–Kier alpha value is -3.27. The maximum atomic E-state index is 12.9. The highest BCUT2D eigenvalue weighted by Crippen LogP contribution is 2.34. The summed E-state index contributed by atoms with van der Waals surface area (Å²) in [4.78, 5) is 27.4. The van der Waals surface area contributed by atoms with Crippen LogP contribution in [0.1, 0.15) is 37.3 Å². The van der Waals surface area contributed by atoms with Crippen LogP contribution in [0.5, 0.6) is 5.75 Å². The van der Waals surface area contributed by atoms with Gasteiger partial charge in [0, 0.05) is 29.8 Å². The van der Waals surface area contributed by atoms with E-state index in [1.807, 2.05) is 6.07 Å². The molecule has 0 aliphatic rings. The van der Waals surface area contributed by atoms with E-state index in [0.717, 1.165) is 47.6 Å². The minimum Gasteiger partial charge on any atom is -0.494 e. The molecule has 0 spiro atoms.